The van der Waals surface area contributed by atoms with E-state index in [-0.39, 0.29) is 16.9 Å². The topological polar surface area (TPSA) is 60.2 Å². The second-order valence-corrected chi connectivity index (χ2v) is 6.17. The summed E-state index contributed by atoms with van der Waals surface area (Å²) in [7, 11) is -4.51. The van der Waals surface area contributed by atoms with Crippen LogP contribution < -0.4 is 5.73 Å². The zero-order valence-corrected chi connectivity index (χ0v) is 11.1. The molecule has 102 valence electrons. The summed E-state index contributed by atoms with van der Waals surface area (Å²) in [4.78, 5) is -0.360. The van der Waals surface area contributed by atoms with Crippen molar-refractivity contribution in [2.45, 2.75) is 42.9 Å². The van der Waals surface area contributed by atoms with E-state index in [9.17, 15) is 17.2 Å². The molecule has 2 atom stereocenters. The first-order valence-corrected chi connectivity index (χ1v) is 7.23. The van der Waals surface area contributed by atoms with Gasteiger partial charge in [0.05, 0.1) is 4.90 Å². The Labute approximate surface area is 106 Å². The first-order valence-electron chi connectivity index (χ1n) is 5.68. The van der Waals surface area contributed by atoms with Crippen LogP contribution in [0.4, 0.5) is 8.78 Å². The maximum Gasteiger partial charge on any atom is 0.341 e. The summed E-state index contributed by atoms with van der Waals surface area (Å²) < 4.78 is 47.2. The van der Waals surface area contributed by atoms with Crippen LogP contribution in [0.15, 0.2) is 29.2 Å². The molecule has 0 fully saturated rings. The predicted molar refractivity (Wildman–Crippen MR) is 66.3 cm³/mol. The first-order chi connectivity index (χ1) is 8.30. The van der Waals surface area contributed by atoms with E-state index >= 15 is 0 Å². The van der Waals surface area contributed by atoms with Crippen LogP contribution >= 0.6 is 0 Å². The van der Waals surface area contributed by atoms with Gasteiger partial charge in [0.15, 0.2) is 0 Å². The normalized spacial score (nSPS) is 15.7. The van der Waals surface area contributed by atoms with Crippen molar-refractivity contribution in [2.24, 2.45) is 5.73 Å². The average molecular weight is 277 g/mol. The molecule has 0 saturated heterocycles. The van der Waals surface area contributed by atoms with Crippen molar-refractivity contribution in [3.63, 3.8) is 0 Å². The summed E-state index contributed by atoms with van der Waals surface area (Å²) in [5.41, 5.74) is 6.67. The van der Waals surface area contributed by atoms with Crippen molar-refractivity contribution in [3.8, 4) is 0 Å². The highest BCUT2D eigenvalue weighted by Crippen LogP contribution is 2.25. The molecule has 18 heavy (non-hydrogen) atoms. The highest BCUT2D eigenvalue weighted by atomic mass is 32.2. The van der Waals surface area contributed by atoms with E-state index in [1.54, 1.807) is 12.1 Å². The van der Waals surface area contributed by atoms with E-state index in [2.05, 4.69) is 0 Å². The van der Waals surface area contributed by atoms with Crippen LogP contribution in [-0.4, -0.2) is 20.2 Å². The third-order valence-corrected chi connectivity index (χ3v) is 4.34. The minimum atomic E-state index is -4.51. The molecule has 1 rings (SSSR count). The second-order valence-electron chi connectivity index (χ2n) is 4.25. The molecule has 0 aliphatic rings. The summed E-state index contributed by atoms with van der Waals surface area (Å²) >= 11 is 0. The summed E-state index contributed by atoms with van der Waals surface area (Å²) in [5, 5.41) is 0. The lowest BCUT2D eigenvalue weighted by atomic mass is 9.91. The number of benzene rings is 1. The molecule has 6 heteroatoms. The Balaban J connectivity index is 3.07. The van der Waals surface area contributed by atoms with Gasteiger partial charge in [-0.05, 0) is 37.0 Å². The van der Waals surface area contributed by atoms with Gasteiger partial charge in [0.1, 0.15) is 0 Å². The Morgan fingerprint density at radius 1 is 1.22 bits per heavy atom. The minimum Gasteiger partial charge on any atom is -0.327 e. The van der Waals surface area contributed by atoms with Crippen molar-refractivity contribution >= 4 is 9.84 Å². The standard InChI is InChI=1S/C12H17F2NO2S/c1-3-11(8(2)15)9-4-6-10(7-5-9)18(16,17)12(13)14/h4-8,11-12H,3,15H2,1-2H3. The molecule has 0 bridgehead atoms. The largest absolute Gasteiger partial charge is 0.341 e. The molecule has 2 N–H and O–H groups in total. The van der Waals surface area contributed by atoms with Gasteiger partial charge in [-0.25, -0.2) is 8.42 Å². The molecule has 0 amide bonds. The van der Waals surface area contributed by atoms with Gasteiger partial charge >= 0.3 is 5.76 Å². The lowest BCUT2D eigenvalue weighted by Crippen LogP contribution is -2.24. The van der Waals surface area contributed by atoms with E-state index in [1.165, 1.54) is 12.1 Å². The molecule has 0 radical (unpaired) electrons. The van der Waals surface area contributed by atoms with Gasteiger partial charge in [0, 0.05) is 6.04 Å². The highest BCUT2D eigenvalue weighted by molar-refractivity contribution is 7.91. The monoisotopic (exact) mass is 277 g/mol. The highest BCUT2D eigenvalue weighted by Gasteiger charge is 2.26. The Morgan fingerprint density at radius 3 is 2.06 bits per heavy atom. The fourth-order valence-corrected chi connectivity index (χ4v) is 2.64. The SMILES string of the molecule is CCC(c1ccc(S(=O)(=O)C(F)F)cc1)C(C)N. The molecule has 1 aromatic carbocycles. The molecule has 2 unspecified atom stereocenters. The molecule has 0 saturated carbocycles. The fourth-order valence-electron chi connectivity index (χ4n) is 1.92. The fraction of sp³-hybridized carbons (Fsp3) is 0.500. The number of rotatable bonds is 5. The predicted octanol–water partition coefficient (Wildman–Crippen LogP) is 2.52. The number of hydrogen-bond donors (Lipinski definition) is 1. The van der Waals surface area contributed by atoms with Gasteiger partial charge in [-0.2, -0.15) is 8.78 Å². The molecule has 0 heterocycles. The van der Waals surface area contributed by atoms with E-state index in [0.717, 1.165) is 12.0 Å². The van der Waals surface area contributed by atoms with Crippen molar-refractivity contribution in [1.29, 1.82) is 0 Å². The van der Waals surface area contributed by atoms with Gasteiger partial charge in [0.25, 0.3) is 0 Å². The molecule has 0 aliphatic heterocycles. The third-order valence-electron chi connectivity index (χ3n) is 2.95. The number of sulfone groups is 1. The van der Waals surface area contributed by atoms with Crippen LogP contribution in [0.1, 0.15) is 31.7 Å². The summed E-state index contributed by atoms with van der Waals surface area (Å²) in [5.74, 6) is -3.30. The first kappa shape index (κ1) is 15.0. The van der Waals surface area contributed by atoms with Gasteiger partial charge in [0.2, 0.25) is 9.84 Å². The minimum absolute atomic E-state index is 0.0763. The lowest BCUT2D eigenvalue weighted by molar-refractivity contribution is 0.234. The van der Waals surface area contributed by atoms with Gasteiger partial charge in [-0.1, -0.05) is 19.1 Å². The van der Waals surface area contributed by atoms with Crippen molar-refractivity contribution < 1.29 is 17.2 Å². The summed E-state index contributed by atoms with van der Waals surface area (Å²) in [6, 6.07) is 5.44. The van der Waals surface area contributed by atoms with Crippen LogP contribution in [-0.2, 0) is 9.84 Å². The number of alkyl halides is 2. The molecule has 0 spiro atoms. The zero-order valence-electron chi connectivity index (χ0n) is 10.3. The maximum absolute atomic E-state index is 12.3. The Morgan fingerprint density at radius 2 is 1.72 bits per heavy atom. The van der Waals surface area contributed by atoms with E-state index in [0.29, 0.717) is 0 Å². The van der Waals surface area contributed by atoms with Crippen molar-refractivity contribution in [3.05, 3.63) is 29.8 Å². The molecule has 1 aromatic rings. The lowest BCUT2D eigenvalue weighted by Gasteiger charge is -2.19. The Kier molecular flexibility index (Phi) is 4.81. The second kappa shape index (κ2) is 5.75. The van der Waals surface area contributed by atoms with Gasteiger partial charge in [-0.15, -0.1) is 0 Å². The molecular weight excluding hydrogens is 260 g/mol. The van der Waals surface area contributed by atoms with Crippen molar-refractivity contribution in [2.75, 3.05) is 0 Å². The van der Waals surface area contributed by atoms with Crippen LogP contribution in [0.5, 0.6) is 0 Å². The Hall–Kier alpha value is -1.01. The van der Waals surface area contributed by atoms with E-state index in [4.69, 9.17) is 5.73 Å². The van der Waals surface area contributed by atoms with Crippen LogP contribution in [0.3, 0.4) is 0 Å². The maximum atomic E-state index is 12.3. The van der Waals surface area contributed by atoms with Crippen LogP contribution in [0.2, 0.25) is 0 Å². The van der Waals surface area contributed by atoms with Crippen molar-refractivity contribution in [1.82, 2.24) is 0 Å². The molecular formula is C12H17F2NO2S. The van der Waals surface area contributed by atoms with Gasteiger partial charge in [-0.3, -0.25) is 0 Å². The molecule has 3 nitrogen and oxygen atoms in total. The van der Waals surface area contributed by atoms with Crippen LogP contribution in [0, 0.1) is 0 Å². The molecule has 0 aliphatic carbocycles. The summed E-state index contributed by atoms with van der Waals surface area (Å²) in [6.07, 6.45) is 0.804. The quantitative estimate of drug-likeness (QED) is 0.899. The Bertz CT molecular complexity index is 483. The average Bonchev–Trinajstić information content (AvgIpc) is 2.30. The zero-order chi connectivity index (χ0) is 13.9. The number of hydrogen-bond acceptors (Lipinski definition) is 3. The third kappa shape index (κ3) is 3.05. The number of halogens is 2. The van der Waals surface area contributed by atoms with E-state index < -0.39 is 15.6 Å². The number of nitrogens with two attached hydrogens (primary N) is 1. The smallest absolute Gasteiger partial charge is 0.327 e. The molecule has 0 aromatic heterocycles. The summed E-state index contributed by atoms with van der Waals surface area (Å²) in [6.45, 7) is 3.83. The van der Waals surface area contributed by atoms with Crippen LogP contribution in [0.25, 0.3) is 0 Å². The van der Waals surface area contributed by atoms with E-state index in [1.807, 2.05) is 13.8 Å². The van der Waals surface area contributed by atoms with Gasteiger partial charge < -0.3 is 5.73 Å².